The van der Waals surface area contributed by atoms with E-state index in [1.165, 1.54) is 24.3 Å². The molecule has 0 aromatic heterocycles. The first-order chi connectivity index (χ1) is 27.2. The van der Waals surface area contributed by atoms with Gasteiger partial charge in [-0.2, -0.15) is 0 Å². The van der Waals surface area contributed by atoms with Gasteiger partial charge in [-0.05, 0) is 125 Å². The molecular weight excluding hydrogens is 817 g/mol. The van der Waals surface area contributed by atoms with Crippen molar-refractivity contribution < 1.29 is 33.7 Å². The van der Waals surface area contributed by atoms with E-state index >= 15 is 0 Å². The molecule has 0 spiro atoms. The summed E-state index contributed by atoms with van der Waals surface area (Å²) in [4.78, 5) is 0.459. The molecule has 4 aromatic rings. The summed E-state index contributed by atoms with van der Waals surface area (Å²) in [5.74, 6) is 0. The summed E-state index contributed by atoms with van der Waals surface area (Å²) < 4.78 is 120. The van der Waals surface area contributed by atoms with Gasteiger partial charge in [0, 0.05) is 24.2 Å². The van der Waals surface area contributed by atoms with E-state index < -0.39 is 64.3 Å². The lowest BCUT2D eigenvalue weighted by molar-refractivity contribution is 0.340. The van der Waals surface area contributed by atoms with Crippen LogP contribution >= 0.6 is 0 Å². The third-order valence-electron chi connectivity index (χ3n) is 11.2. The van der Waals surface area contributed by atoms with Gasteiger partial charge in [0.1, 0.15) is 0 Å². The molecule has 16 heteroatoms. The summed E-state index contributed by atoms with van der Waals surface area (Å²) in [6, 6.07) is 17.1. The molecule has 0 radical (unpaired) electrons. The predicted octanol–water partition coefficient (Wildman–Crippen LogP) is 6.34. The molecular formula is C42H54N4O8S4. The quantitative estimate of drug-likeness (QED) is 0.120. The predicted molar refractivity (Wildman–Crippen MR) is 227 cm³/mol. The Morgan fingerprint density at radius 1 is 0.379 bits per heavy atom. The molecule has 0 bridgehead atoms. The van der Waals surface area contributed by atoms with Gasteiger partial charge in [-0.15, -0.1) is 0 Å². The summed E-state index contributed by atoms with van der Waals surface area (Å²) in [5.41, 5.74) is 5.76. The van der Waals surface area contributed by atoms with Gasteiger partial charge in [-0.1, -0.05) is 85.3 Å². The van der Waals surface area contributed by atoms with Crippen molar-refractivity contribution in [1.29, 1.82) is 0 Å². The van der Waals surface area contributed by atoms with Crippen molar-refractivity contribution in [3.8, 4) is 11.1 Å². The highest BCUT2D eigenvalue weighted by atomic mass is 32.2. The van der Waals surface area contributed by atoms with Crippen LogP contribution in [0.4, 0.5) is 0 Å². The molecule has 4 atom stereocenters. The van der Waals surface area contributed by atoms with Crippen molar-refractivity contribution in [3.63, 3.8) is 0 Å². The van der Waals surface area contributed by atoms with E-state index in [1.807, 2.05) is 38.1 Å². The topological polar surface area (TPSA) is 185 Å². The van der Waals surface area contributed by atoms with Gasteiger partial charge in [0.15, 0.2) is 0 Å². The fraction of sp³-hybridized carbons (Fsp3) is 0.429. The summed E-state index contributed by atoms with van der Waals surface area (Å²) in [5, 5.41) is 0. The Kier molecular flexibility index (Phi) is 13.1. The Morgan fingerprint density at radius 3 is 0.879 bits per heavy atom. The van der Waals surface area contributed by atoms with Crippen molar-refractivity contribution in [2.45, 2.75) is 137 Å². The molecule has 314 valence electrons. The minimum atomic E-state index is -4.03. The van der Waals surface area contributed by atoms with Gasteiger partial charge < -0.3 is 0 Å². The molecule has 58 heavy (non-hydrogen) atoms. The third kappa shape index (κ3) is 9.92. The monoisotopic (exact) mass is 870 g/mol. The fourth-order valence-electron chi connectivity index (χ4n) is 8.71. The van der Waals surface area contributed by atoms with Gasteiger partial charge in [-0.25, -0.2) is 52.6 Å². The smallest absolute Gasteiger partial charge is 0.207 e. The van der Waals surface area contributed by atoms with Crippen molar-refractivity contribution in [3.05, 3.63) is 106 Å². The van der Waals surface area contributed by atoms with Crippen molar-refractivity contribution in [2.75, 3.05) is 0 Å². The lowest BCUT2D eigenvalue weighted by Gasteiger charge is -2.32. The zero-order chi connectivity index (χ0) is 42.2. The van der Waals surface area contributed by atoms with E-state index in [1.54, 1.807) is 52.0 Å². The van der Waals surface area contributed by atoms with Crippen LogP contribution in [0.2, 0.25) is 0 Å². The van der Waals surface area contributed by atoms with Crippen LogP contribution in [0.25, 0.3) is 11.1 Å². The summed E-state index contributed by atoms with van der Waals surface area (Å²) in [6.07, 6.45) is 4.96. The zero-order valence-electron chi connectivity index (χ0n) is 33.8. The van der Waals surface area contributed by atoms with Crippen LogP contribution in [0, 0.1) is 41.5 Å². The molecule has 4 N–H and O–H groups in total. The van der Waals surface area contributed by atoms with Gasteiger partial charge in [0.25, 0.3) is 0 Å². The van der Waals surface area contributed by atoms with Gasteiger partial charge in [-0.3, -0.25) is 0 Å². The third-order valence-corrected chi connectivity index (χ3v) is 17.8. The van der Waals surface area contributed by atoms with Crippen molar-refractivity contribution in [1.82, 2.24) is 18.9 Å². The Bertz CT molecular complexity index is 2380. The summed E-state index contributed by atoms with van der Waals surface area (Å²) >= 11 is 0. The van der Waals surface area contributed by atoms with Crippen LogP contribution in [-0.4, -0.2) is 57.8 Å². The first-order valence-corrected chi connectivity index (χ1v) is 25.6. The second-order valence-electron chi connectivity index (χ2n) is 16.0. The second-order valence-corrected chi connectivity index (χ2v) is 22.7. The van der Waals surface area contributed by atoms with Crippen LogP contribution in [-0.2, 0) is 40.1 Å². The molecule has 6 rings (SSSR count). The molecule has 2 fully saturated rings. The summed E-state index contributed by atoms with van der Waals surface area (Å²) in [7, 11) is -15.9. The minimum Gasteiger partial charge on any atom is -0.207 e. The average Bonchev–Trinajstić information content (AvgIpc) is 3.12. The Labute approximate surface area is 344 Å². The highest BCUT2D eigenvalue weighted by Gasteiger charge is 2.35. The normalized spacial score (nSPS) is 20.9. The molecule has 2 saturated carbocycles. The number of hydrogen-bond acceptors (Lipinski definition) is 8. The first-order valence-electron chi connectivity index (χ1n) is 19.6. The van der Waals surface area contributed by atoms with Crippen molar-refractivity contribution >= 4 is 40.1 Å². The highest BCUT2D eigenvalue weighted by molar-refractivity contribution is 7.90. The Hall–Kier alpha value is -3.48. The molecule has 2 aliphatic carbocycles. The van der Waals surface area contributed by atoms with E-state index in [9.17, 15) is 33.7 Å². The second kappa shape index (κ2) is 17.2. The average molecular weight is 871 g/mol. The maximum atomic E-state index is 13.6. The number of aryl methyl sites for hydroxylation is 6. The van der Waals surface area contributed by atoms with E-state index in [-0.39, 0.29) is 19.6 Å². The van der Waals surface area contributed by atoms with Crippen LogP contribution in [0.1, 0.15) is 84.7 Å². The van der Waals surface area contributed by atoms with Crippen LogP contribution < -0.4 is 18.9 Å². The van der Waals surface area contributed by atoms with Crippen molar-refractivity contribution in [2.24, 2.45) is 0 Å². The SMILES string of the molecule is Cc1cc(C)c(S(=O)(=O)N[C@@H]2CCCC[C@H]2NS(=O)(=O)c2ccc(-c3ccc(S(=O)(=O)N[C@@H]4CCCC[C@H]4NS(=O)(=O)c4c(C)cc(C)cc4C)cc3)cc2)c(C)c1. The number of rotatable bonds is 13. The fourth-order valence-corrected chi connectivity index (χ4v) is 14.9. The molecule has 0 heterocycles. The Balaban J connectivity index is 1.12. The largest absolute Gasteiger partial charge is 0.241 e. The van der Waals surface area contributed by atoms with Crippen LogP contribution in [0.3, 0.4) is 0 Å². The molecule has 4 aromatic carbocycles. The maximum absolute atomic E-state index is 13.6. The van der Waals surface area contributed by atoms with Gasteiger partial charge >= 0.3 is 0 Å². The van der Waals surface area contributed by atoms with Crippen LogP contribution in [0.5, 0.6) is 0 Å². The molecule has 0 unspecified atom stereocenters. The maximum Gasteiger partial charge on any atom is 0.241 e. The zero-order valence-corrected chi connectivity index (χ0v) is 37.1. The van der Waals surface area contributed by atoms with E-state index in [4.69, 9.17) is 0 Å². The molecule has 12 nitrogen and oxygen atoms in total. The first kappa shape index (κ1) is 44.1. The number of hydrogen-bond donors (Lipinski definition) is 4. The molecule has 0 saturated heterocycles. The Morgan fingerprint density at radius 2 is 0.621 bits per heavy atom. The van der Waals surface area contributed by atoms with Gasteiger partial charge in [0.2, 0.25) is 40.1 Å². The molecule has 0 aliphatic heterocycles. The molecule has 0 amide bonds. The standard InChI is InChI=1S/C42H54N4O8S4/c1-27-23-29(3)41(30(4)24-27)57(51,52)45-39-13-9-7-11-37(39)43-55(47,48)35-19-15-33(16-20-35)34-17-21-36(22-18-34)56(49,50)44-38-12-8-10-14-40(38)46-58(53,54)42-31(5)25-28(2)26-32(42)6/h15-26,37-40,43-46H,7-14H2,1-6H3/t37-,38-,39-,40-/m1/s1. The van der Waals surface area contributed by atoms with Gasteiger partial charge in [0.05, 0.1) is 19.6 Å². The van der Waals surface area contributed by atoms with E-state index in [2.05, 4.69) is 18.9 Å². The highest BCUT2D eigenvalue weighted by Crippen LogP contribution is 2.29. The van der Waals surface area contributed by atoms with E-state index in [0.717, 1.165) is 36.8 Å². The number of sulfonamides is 4. The lowest BCUT2D eigenvalue weighted by Crippen LogP contribution is -2.53. The number of benzene rings is 4. The molecule has 2 aliphatic rings. The number of nitrogens with one attached hydrogen (secondary N) is 4. The van der Waals surface area contributed by atoms with Crippen LogP contribution in [0.15, 0.2) is 92.4 Å². The minimum absolute atomic E-state index is 0.0161. The van der Waals surface area contributed by atoms with E-state index in [0.29, 0.717) is 59.1 Å². The summed E-state index contributed by atoms with van der Waals surface area (Å²) in [6.45, 7) is 10.8. The lowest BCUT2D eigenvalue weighted by atomic mass is 9.92.